The summed E-state index contributed by atoms with van der Waals surface area (Å²) in [6.45, 7) is 0.0399. The van der Waals surface area contributed by atoms with E-state index in [-0.39, 0.29) is 11.6 Å². The van der Waals surface area contributed by atoms with Gasteiger partial charge < -0.3 is 15.2 Å². The molecule has 0 saturated heterocycles. The zero-order valence-electron chi connectivity index (χ0n) is 11.1. The van der Waals surface area contributed by atoms with Crippen LogP contribution in [-0.4, -0.2) is 31.7 Å². The Bertz CT molecular complexity index is 623. The lowest BCUT2D eigenvalue weighted by Gasteiger charge is -2.11. The third-order valence-electron chi connectivity index (χ3n) is 2.16. The first-order chi connectivity index (χ1) is 9.99. The third kappa shape index (κ3) is 4.71. The molecule has 0 bridgehead atoms. The van der Waals surface area contributed by atoms with E-state index >= 15 is 0 Å². The number of rotatable bonds is 5. The van der Waals surface area contributed by atoms with Crippen molar-refractivity contribution >= 4 is 29.6 Å². The van der Waals surface area contributed by atoms with E-state index in [0.717, 1.165) is 0 Å². The molecule has 3 N–H and O–H groups in total. The molecule has 0 aromatic heterocycles. The van der Waals surface area contributed by atoms with Crippen molar-refractivity contribution in [1.82, 2.24) is 5.43 Å². The molecule has 0 heterocycles. The van der Waals surface area contributed by atoms with Gasteiger partial charge in [0.25, 0.3) is 0 Å². The Balaban J connectivity index is 2.93. The number of nitrogens with one attached hydrogen (secondary N) is 1. The number of methoxy groups -OCH3 is 1. The lowest BCUT2D eigenvalue weighted by molar-refractivity contribution is -0.137. The van der Waals surface area contributed by atoms with Crippen LogP contribution in [0.25, 0.3) is 0 Å². The molecular weight excluding hydrogens is 298 g/mol. The predicted octanol–water partition coefficient (Wildman–Crippen LogP) is 0.296. The van der Waals surface area contributed by atoms with Crippen LogP contribution in [0.3, 0.4) is 0 Å². The Kier molecular flexibility index (Phi) is 6.04. The van der Waals surface area contributed by atoms with E-state index in [1.807, 2.05) is 5.43 Å². The highest BCUT2D eigenvalue weighted by atomic mass is 35.5. The number of primary amides is 1. The number of nitrogens with two attached hydrogens (primary N) is 1. The zero-order chi connectivity index (χ0) is 15.8. The molecule has 0 radical (unpaired) electrons. The summed E-state index contributed by atoms with van der Waals surface area (Å²) in [6, 6.07) is 3.09. The van der Waals surface area contributed by atoms with Gasteiger partial charge in [-0.1, -0.05) is 17.5 Å². The molecule has 0 aliphatic carbocycles. The lowest BCUT2D eigenvalue weighted by atomic mass is 10.2. The van der Waals surface area contributed by atoms with E-state index in [1.165, 1.54) is 19.4 Å². The maximum absolute atomic E-state index is 10.9. The van der Waals surface area contributed by atoms with Gasteiger partial charge in [0.15, 0.2) is 11.5 Å². The molecule has 110 valence electrons. The molecule has 2 amide bonds. The largest absolute Gasteiger partial charge is 0.493 e. The summed E-state index contributed by atoms with van der Waals surface area (Å²) in [5.74, 6) is 0.794. The van der Waals surface area contributed by atoms with Gasteiger partial charge in [-0.25, -0.2) is 5.43 Å². The number of carbonyl (C=O) groups excluding carboxylic acids is 2. The summed E-state index contributed by atoms with van der Waals surface area (Å²) in [4.78, 5) is 21.4. The molecule has 1 aromatic rings. The van der Waals surface area contributed by atoms with Gasteiger partial charge in [0.2, 0.25) is 0 Å². The maximum Gasteiger partial charge on any atom is 0.329 e. The first-order valence-electron chi connectivity index (χ1n) is 5.56. The van der Waals surface area contributed by atoms with Gasteiger partial charge in [-0.3, -0.25) is 9.59 Å². The first-order valence-corrected chi connectivity index (χ1v) is 5.94. The maximum atomic E-state index is 10.9. The van der Waals surface area contributed by atoms with Crippen LogP contribution in [0.15, 0.2) is 17.2 Å². The van der Waals surface area contributed by atoms with Crippen LogP contribution in [0.4, 0.5) is 0 Å². The van der Waals surface area contributed by atoms with Gasteiger partial charge in [-0.2, -0.15) is 5.10 Å². The summed E-state index contributed by atoms with van der Waals surface area (Å²) >= 11 is 6.04. The highest BCUT2D eigenvalue weighted by Gasteiger charge is 2.11. The smallest absolute Gasteiger partial charge is 0.329 e. The van der Waals surface area contributed by atoms with Gasteiger partial charge in [0.1, 0.15) is 6.61 Å². The van der Waals surface area contributed by atoms with Crippen LogP contribution >= 0.6 is 11.6 Å². The van der Waals surface area contributed by atoms with Gasteiger partial charge in [-0.05, 0) is 17.7 Å². The van der Waals surface area contributed by atoms with E-state index in [4.69, 9.17) is 33.2 Å². The number of amides is 2. The monoisotopic (exact) mass is 309 g/mol. The lowest BCUT2D eigenvalue weighted by Crippen LogP contribution is -2.32. The molecule has 0 aliphatic heterocycles. The van der Waals surface area contributed by atoms with Crippen molar-refractivity contribution in [1.29, 1.82) is 0 Å². The van der Waals surface area contributed by atoms with E-state index in [1.54, 1.807) is 6.07 Å². The van der Waals surface area contributed by atoms with Crippen molar-refractivity contribution < 1.29 is 19.1 Å². The van der Waals surface area contributed by atoms with Crippen molar-refractivity contribution in [2.24, 2.45) is 10.8 Å². The second-order valence-electron chi connectivity index (χ2n) is 3.59. The van der Waals surface area contributed by atoms with Crippen molar-refractivity contribution in [3.63, 3.8) is 0 Å². The number of benzene rings is 1. The minimum absolute atomic E-state index is 0.0399. The second-order valence-corrected chi connectivity index (χ2v) is 4.00. The standard InChI is InChI=1S/C13H12ClN3O4/c1-3-4-21-11-9(14)5-8(6-10(11)20-2)7-16-17-13(19)12(15)18/h1,5-7H,4H2,2H3,(H2,15,18)(H,17,19)/b16-7-. The summed E-state index contributed by atoms with van der Waals surface area (Å²) in [7, 11) is 1.43. The fourth-order valence-electron chi connectivity index (χ4n) is 1.29. The number of ether oxygens (including phenoxy) is 2. The fourth-order valence-corrected chi connectivity index (χ4v) is 1.56. The molecule has 0 spiro atoms. The average Bonchev–Trinajstić information content (AvgIpc) is 2.45. The van der Waals surface area contributed by atoms with Crippen LogP contribution in [0.5, 0.6) is 11.5 Å². The molecule has 0 atom stereocenters. The van der Waals surface area contributed by atoms with Crippen LogP contribution in [0, 0.1) is 12.3 Å². The molecule has 0 unspecified atom stereocenters. The Hall–Kier alpha value is -2.72. The molecule has 0 fully saturated rings. The van der Waals surface area contributed by atoms with Gasteiger partial charge >= 0.3 is 11.8 Å². The number of hydrogen-bond acceptors (Lipinski definition) is 5. The third-order valence-corrected chi connectivity index (χ3v) is 2.44. The van der Waals surface area contributed by atoms with E-state index in [0.29, 0.717) is 17.1 Å². The minimum Gasteiger partial charge on any atom is -0.493 e. The minimum atomic E-state index is -1.14. The molecule has 0 saturated carbocycles. The van der Waals surface area contributed by atoms with Crippen LogP contribution < -0.4 is 20.6 Å². The Morgan fingerprint density at radius 1 is 1.57 bits per heavy atom. The first kappa shape index (κ1) is 16.3. The van der Waals surface area contributed by atoms with Crippen LogP contribution in [0.1, 0.15) is 5.56 Å². The van der Waals surface area contributed by atoms with Crippen molar-refractivity contribution in [2.45, 2.75) is 0 Å². The fraction of sp³-hybridized carbons (Fsp3) is 0.154. The molecule has 7 nitrogen and oxygen atoms in total. The molecule has 1 aromatic carbocycles. The average molecular weight is 310 g/mol. The van der Waals surface area contributed by atoms with Gasteiger partial charge in [0.05, 0.1) is 18.3 Å². The van der Waals surface area contributed by atoms with E-state index in [9.17, 15) is 9.59 Å². The van der Waals surface area contributed by atoms with Crippen molar-refractivity contribution in [3.05, 3.63) is 22.7 Å². The van der Waals surface area contributed by atoms with E-state index < -0.39 is 11.8 Å². The highest BCUT2D eigenvalue weighted by Crippen LogP contribution is 2.35. The molecule has 8 heteroatoms. The number of hydrogen-bond donors (Lipinski definition) is 2. The normalized spacial score (nSPS) is 9.95. The number of nitrogens with zero attached hydrogens (tertiary/aromatic N) is 1. The van der Waals surface area contributed by atoms with Gasteiger partial charge in [0, 0.05) is 0 Å². The zero-order valence-corrected chi connectivity index (χ0v) is 11.8. The molecule has 0 aliphatic rings. The SMILES string of the molecule is C#CCOc1c(Cl)cc(/C=N\NC(=O)C(N)=O)cc1OC. The second kappa shape index (κ2) is 7.77. The molecular formula is C13H12ClN3O4. The molecule has 1 rings (SSSR count). The summed E-state index contributed by atoms with van der Waals surface area (Å²) in [5.41, 5.74) is 7.21. The number of carbonyl (C=O) groups is 2. The highest BCUT2D eigenvalue weighted by molar-refractivity contribution is 6.34. The Morgan fingerprint density at radius 2 is 2.29 bits per heavy atom. The number of terminal acetylenes is 1. The van der Waals surface area contributed by atoms with Crippen molar-refractivity contribution in [3.8, 4) is 23.8 Å². The van der Waals surface area contributed by atoms with Gasteiger partial charge in [-0.15, -0.1) is 6.42 Å². The van der Waals surface area contributed by atoms with Crippen LogP contribution in [0.2, 0.25) is 5.02 Å². The molecule has 21 heavy (non-hydrogen) atoms. The predicted molar refractivity (Wildman–Crippen MR) is 77.3 cm³/mol. The van der Waals surface area contributed by atoms with Crippen molar-refractivity contribution in [2.75, 3.05) is 13.7 Å². The number of halogens is 1. The summed E-state index contributed by atoms with van der Waals surface area (Å²) < 4.78 is 10.4. The summed E-state index contributed by atoms with van der Waals surface area (Å²) in [5, 5.41) is 3.82. The summed E-state index contributed by atoms with van der Waals surface area (Å²) in [6.07, 6.45) is 6.37. The van der Waals surface area contributed by atoms with Crippen LogP contribution in [-0.2, 0) is 9.59 Å². The Labute approximate surface area is 126 Å². The number of hydrazone groups is 1. The van der Waals surface area contributed by atoms with E-state index in [2.05, 4.69) is 11.0 Å². The quantitative estimate of drug-likeness (QED) is 0.353. The Morgan fingerprint density at radius 3 is 2.86 bits per heavy atom. The topological polar surface area (TPSA) is 103 Å².